The van der Waals surface area contributed by atoms with E-state index in [1.807, 2.05) is 0 Å². The third-order valence-corrected chi connectivity index (χ3v) is 7.31. The van der Waals surface area contributed by atoms with Gasteiger partial charge in [-0.2, -0.15) is 0 Å². The number of nitrogens with one attached hydrogen (secondary N) is 1. The van der Waals surface area contributed by atoms with Crippen molar-refractivity contribution in [2.24, 2.45) is 4.99 Å². The fraction of sp³-hybridized carbons (Fsp3) is 0.862. The minimum atomic E-state index is 0.0633. The van der Waals surface area contributed by atoms with E-state index >= 15 is 0 Å². The highest BCUT2D eigenvalue weighted by Gasteiger charge is 2.35. The average Bonchev–Trinajstić information content (AvgIpc) is 3.21. The van der Waals surface area contributed by atoms with Gasteiger partial charge in [-0.15, -0.1) is 0 Å². The molecular weight excluding hydrogens is 406 g/mol. The molecule has 1 N–H and O–H groups in total. The number of allylic oxidation sites excluding steroid dienone is 2. The van der Waals surface area contributed by atoms with Crippen LogP contribution in [0, 0.1) is 0 Å². The number of nitrogens with zero attached hydrogens (tertiary/aromatic N) is 2. The number of rotatable bonds is 22. The number of hydrogen-bond donors (Lipinski definition) is 1. The van der Waals surface area contributed by atoms with Crippen molar-refractivity contribution in [2.45, 2.75) is 130 Å². The summed E-state index contributed by atoms with van der Waals surface area (Å²) >= 11 is 0. The van der Waals surface area contributed by atoms with Crippen LogP contribution in [-0.2, 0) is 4.79 Å². The van der Waals surface area contributed by atoms with E-state index in [4.69, 9.17) is 4.99 Å². The predicted octanol–water partition coefficient (Wildman–Crippen LogP) is 7.58. The summed E-state index contributed by atoms with van der Waals surface area (Å²) in [7, 11) is 0. The molecule has 1 aliphatic heterocycles. The largest absolute Gasteiger partial charge is 0.351 e. The lowest BCUT2D eigenvalue weighted by Crippen LogP contribution is -2.54. The minimum absolute atomic E-state index is 0.0633. The molecule has 33 heavy (non-hydrogen) atoms. The lowest BCUT2D eigenvalue weighted by Gasteiger charge is -2.33. The number of quaternary nitrogens is 1. The van der Waals surface area contributed by atoms with Gasteiger partial charge >= 0.3 is 0 Å². The van der Waals surface area contributed by atoms with E-state index in [-0.39, 0.29) is 5.91 Å². The lowest BCUT2D eigenvalue weighted by atomic mass is 10.0. The maximum atomic E-state index is 11.2. The van der Waals surface area contributed by atoms with Crippen LogP contribution in [0.25, 0.3) is 0 Å². The van der Waals surface area contributed by atoms with Crippen LogP contribution in [0.4, 0.5) is 0 Å². The first-order valence-electron chi connectivity index (χ1n) is 14.4. The summed E-state index contributed by atoms with van der Waals surface area (Å²) in [6.07, 6.45) is 28.1. The van der Waals surface area contributed by atoms with Crippen molar-refractivity contribution >= 4 is 11.7 Å². The molecule has 4 nitrogen and oxygen atoms in total. The molecular formula is C29H56N3O+. The zero-order chi connectivity index (χ0) is 24.0. The summed E-state index contributed by atoms with van der Waals surface area (Å²) in [5.74, 6) is 1.40. The molecule has 1 heterocycles. The number of carbonyl (C=O) groups excluding carboxylic acids is 1. The monoisotopic (exact) mass is 462 g/mol. The molecule has 0 aromatic rings. The van der Waals surface area contributed by atoms with Crippen LogP contribution in [0.3, 0.4) is 0 Å². The van der Waals surface area contributed by atoms with Crippen LogP contribution in [0.2, 0.25) is 0 Å². The molecule has 192 valence electrons. The Morgan fingerprint density at radius 3 is 1.94 bits per heavy atom. The van der Waals surface area contributed by atoms with E-state index in [0.717, 1.165) is 50.0 Å². The van der Waals surface area contributed by atoms with Crippen molar-refractivity contribution in [3.63, 3.8) is 0 Å². The van der Waals surface area contributed by atoms with Crippen LogP contribution >= 0.6 is 0 Å². The molecule has 0 aliphatic carbocycles. The number of aliphatic imine (C=N–C) groups is 1. The van der Waals surface area contributed by atoms with Crippen molar-refractivity contribution in [2.75, 3.05) is 32.7 Å². The summed E-state index contributed by atoms with van der Waals surface area (Å²) in [6, 6.07) is 0. The molecule has 1 aliphatic rings. The number of amidine groups is 1. The van der Waals surface area contributed by atoms with Crippen LogP contribution in [0.15, 0.2) is 17.1 Å². The normalized spacial score (nSPS) is 18.2. The highest BCUT2D eigenvalue weighted by atomic mass is 16.1. The maximum absolute atomic E-state index is 11.2. The van der Waals surface area contributed by atoms with E-state index < -0.39 is 0 Å². The summed E-state index contributed by atoms with van der Waals surface area (Å²) in [5, 5.41) is 2.96. The number of unbranched alkanes of at least 4 members (excludes halogenated alkanes) is 14. The molecule has 1 unspecified atom stereocenters. The quantitative estimate of drug-likeness (QED) is 0.101. The second-order valence-corrected chi connectivity index (χ2v) is 10.1. The summed E-state index contributed by atoms with van der Waals surface area (Å²) in [6.45, 7) is 11.0. The Kier molecular flexibility index (Phi) is 18.3. The smallest absolute Gasteiger partial charge is 0.217 e. The van der Waals surface area contributed by atoms with Crippen LogP contribution in [0.5, 0.6) is 0 Å². The Bertz CT molecular complexity index is 543. The average molecular weight is 463 g/mol. The first-order valence-corrected chi connectivity index (χ1v) is 14.4. The fourth-order valence-electron chi connectivity index (χ4n) is 5.06. The van der Waals surface area contributed by atoms with Gasteiger partial charge in [0.15, 0.2) is 5.84 Å². The summed E-state index contributed by atoms with van der Waals surface area (Å²) in [4.78, 5) is 16.0. The molecule has 1 rings (SSSR count). The zero-order valence-corrected chi connectivity index (χ0v) is 22.5. The first-order chi connectivity index (χ1) is 16.1. The number of amides is 1. The summed E-state index contributed by atoms with van der Waals surface area (Å²) < 4.78 is 0.965. The van der Waals surface area contributed by atoms with Crippen LogP contribution < -0.4 is 5.32 Å². The van der Waals surface area contributed by atoms with Crippen molar-refractivity contribution in [3.05, 3.63) is 12.2 Å². The first kappa shape index (κ1) is 29.9. The molecule has 0 aromatic heterocycles. The second-order valence-electron chi connectivity index (χ2n) is 10.1. The van der Waals surface area contributed by atoms with Gasteiger partial charge in [0, 0.05) is 13.3 Å². The molecule has 4 heteroatoms. The number of likely N-dealkylation sites (N-methyl/N-ethyl adjacent to an activating group) is 1. The predicted molar refractivity (Wildman–Crippen MR) is 145 cm³/mol. The highest BCUT2D eigenvalue weighted by Crippen LogP contribution is 2.19. The van der Waals surface area contributed by atoms with Gasteiger partial charge in [0.05, 0.1) is 19.6 Å². The molecule has 0 saturated heterocycles. The molecule has 0 aromatic carbocycles. The standard InChI is InChI=1S/C29H55N3O/c1-4-6-7-8-9-10-11-12-13-14-15-16-17-18-19-20-21-22-23-29-31-25-27-32(29,5-2)26-24-30-28(3)33/h20-21H,4-19,22-27H2,1-3H3/p+1/b21-20+. The third-order valence-electron chi connectivity index (χ3n) is 7.31. The Hall–Kier alpha value is -1.16. The SMILES string of the molecule is CCCCCCCCCCCCCCCC/C=C/CCC1=NCC[N+]1(CC)CCNC(C)=O. The molecule has 0 saturated carbocycles. The Labute approximate surface area is 206 Å². The number of carbonyl (C=O) groups is 1. The van der Waals surface area contributed by atoms with Gasteiger partial charge in [0.2, 0.25) is 5.91 Å². The van der Waals surface area contributed by atoms with Gasteiger partial charge in [-0.05, 0) is 26.2 Å². The van der Waals surface area contributed by atoms with E-state index in [2.05, 4.69) is 31.3 Å². The van der Waals surface area contributed by atoms with Crippen molar-refractivity contribution in [1.29, 1.82) is 0 Å². The summed E-state index contributed by atoms with van der Waals surface area (Å²) in [5.41, 5.74) is 0. The van der Waals surface area contributed by atoms with Crippen LogP contribution in [-0.4, -0.2) is 48.9 Å². The number of hydrogen-bond acceptors (Lipinski definition) is 2. The Morgan fingerprint density at radius 2 is 1.39 bits per heavy atom. The fourth-order valence-corrected chi connectivity index (χ4v) is 5.06. The van der Waals surface area contributed by atoms with Crippen molar-refractivity contribution in [1.82, 2.24) is 5.32 Å². The van der Waals surface area contributed by atoms with Gasteiger partial charge in [-0.1, -0.05) is 103 Å². The molecule has 0 radical (unpaired) electrons. The maximum Gasteiger partial charge on any atom is 0.217 e. The van der Waals surface area contributed by atoms with Gasteiger partial charge in [0.25, 0.3) is 0 Å². The lowest BCUT2D eigenvalue weighted by molar-refractivity contribution is -0.833. The van der Waals surface area contributed by atoms with E-state index in [9.17, 15) is 4.79 Å². The Morgan fingerprint density at radius 1 is 0.848 bits per heavy atom. The third kappa shape index (κ3) is 14.7. The highest BCUT2D eigenvalue weighted by molar-refractivity contribution is 5.77. The topological polar surface area (TPSA) is 41.5 Å². The zero-order valence-electron chi connectivity index (χ0n) is 22.5. The molecule has 0 fully saturated rings. The van der Waals surface area contributed by atoms with Gasteiger partial charge in [0.1, 0.15) is 13.1 Å². The van der Waals surface area contributed by atoms with Crippen molar-refractivity contribution in [3.8, 4) is 0 Å². The molecule has 1 amide bonds. The Balaban J connectivity index is 1.96. The van der Waals surface area contributed by atoms with Gasteiger partial charge in [-0.3, -0.25) is 9.28 Å². The van der Waals surface area contributed by atoms with E-state index in [1.165, 1.54) is 102 Å². The second kappa shape index (κ2) is 20.2. The van der Waals surface area contributed by atoms with E-state index in [1.54, 1.807) is 6.92 Å². The molecule has 0 spiro atoms. The van der Waals surface area contributed by atoms with Gasteiger partial charge < -0.3 is 5.32 Å². The van der Waals surface area contributed by atoms with E-state index in [0.29, 0.717) is 0 Å². The van der Waals surface area contributed by atoms with Crippen molar-refractivity contribution < 1.29 is 9.28 Å². The molecule has 1 atom stereocenters. The van der Waals surface area contributed by atoms with Gasteiger partial charge in [-0.25, -0.2) is 4.99 Å². The minimum Gasteiger partial charge on any atom is -0.351 e. The van der Waals surface area contributed by atoms with Crippen LogP contribution in [0.1, 0.15) is 130 Å². The molecule has 0 bridgehead atoms.